The van der Waals surface area contributed by atoms with Crippen molar-refractivity contribution in [2.75, 3.05) is 7.11 Å². The highest BCUT2D eigenvalue weighted by atomic mass is 16.5. The second-order valence-electron chi connectivity index (χ2n) is 7.66. The zero-order chi connectivity index (χ0) is 22.5. The van der Waals surface area contributed by atoms with Crippen LogP contribution in [-0.2, 0) is 27.3 Å². The number of nitrogens with zero attached hydrogens (tertiary/aromatic N) is 2. The van der Waals surface area contributed by atoms with Crippen LogP contribution in [0, 0.1) is 0 Å². The Bertz CT molecular complexity index is 1240. The normalized spacial score (nSPS) is 11.8. The number of methoxy groups -OCH3 is 1. The SMILES string of the molecule is COC(=O)C(Cc1ncn(Cc2ccccc2)c1-c1cccc2ccccc12)NC(C)=O. The fraction of sp³-hybridized carbons (Fsp3) is 0.192. The van der Waals surface area contributed by atoms with E-state index in [1.807, 2.05) is 36.4 Å². The molecule has 0 aliphatic heterocycles. The predicted octanol–water partition coefficient (Wildman–Crippen LogP) is 3.97. The van der Waals surface area contributed by atoms with Gasteiger partial charge in [-0.05, 0) is 16.3 Å². The van der Waals surface area contributed by atoms with Gasteiger partial charge in [-0.15, -0.1) is 0 Å². The molecule has 0 bridgehead atoms. The minimum Gasteiger partial charge on any atom is -0.467 e. The number of fused-ring (bicyclic) bond motifs is 1. The molecular weight excluding hydrogens is 402 g/mol. The zero-order valence-corrected chi connectivity index (χ0v) is 18.1. The third-order valence-electron chi connectivity index (χ3n) is 5.41. The van der Waals surface area contributed by atoms with E-state index in [4.69, 9.17) is 4.74 Å². The van der Waals surface area contributed by atoms with Gasteiger partial charge in [0.15, 0.2) is 0 Å². The van der Waals surface area contributed by atoms with E-state index in [9.17, 15) is 9.59 Å². The number of ether oxygens (including phenoxy) is 1. The number of carbonyl (C=O) groups excluding carboxylic acids is 2. The molecule has 0 saturated heterocycles. The molecule has 1 heterocycles. The first-order valence-electron chi connectivity index (χ1n) is 10.5. The Morgan fingerprint density at radius 2 is 1.72 bits per heavy atom. The third kappa shape index (κ3) is 4.54. The third-order valence-corrected chi connectivity index (χ3v) is 5.41. The molecule has 0 aliphatic rings. The Kier molecular flexibility index (Phi) is 6.31. The molecule has 6 nitrogen and oxygen atoms in total. The van der Waals surface area contributed by atoms with E-state index in [0.717, 1.165) is 33.3 Å². The molecule has 1 atom stereocenters. The molecular formula is C26H25N3O3. The van der Waals surface area contributed by atoms with Crippen LogP contribution in [0.3, 0.4) is 0 Å². The monoisotopic (exact) mass is 427 g/mol. The lowest BCUT2D eigenvalue weighted by molar-refractivity contribution is -0.144. The van der Waals surface area contributed by atoms with Crippen molar-refractivity contribution in [3.05, 3.63) is 90.4 Å². The Labute approximate surface area is 186 Å². The number of amides is 1. The van der Waals surface area contributed by atoms with Crippen LogP contribution in [0.5, 0.6) is 0 Å². The number of hydrogen-bond donors (Lipinski definition) is 1. The summed E-state index contributed by atoms with van der Waals surface area (Å²) < 4.78 is 7.01. The van der Waals surface area contributed by atoms with E-state index >= 15 is 0 Å². The van der Waals surface area contributed by atoms with E-state index in [1.165, 1.54) is 14.0 Å². The summed E-state index contributed by atoms with van der Waals surface area (Å²) >= 11 is 0. The summed E-state index contributed by atoms with van der Waals surface area (Å²) in [7, 11) is 1.32. The second-order valence-corrected chi connectivity index (χ2v) is 7.66. The number of rotatable bonds is 7. The van der Waals surface area contributed by atoms with E-state index in [0.29, 0.717) is 6.54 Å². The first kappa shape index (κ1) is 21.3. The van der Waals surface area contributed by atoms with Crippen LogP contribution in [-0.4, -0.2) is 34.6 Å². The standard InChI is InChI=1S/C26H25N3O3/c1-18(30)28-24(26(31)32-2)15-23-25(22-14-8-12-20-11-6-7-13-21(20)22)29(17-27-23)16-19-9-4-3-5-10-19/h3-14,17,24H,15-16H2,1-2H3,(H,28,30). The van der Waals surface area contributed by atoms with Gasteiger partial charge in [0, 0.05) is 25.5 Å². The molecule has 4 rings (SSSR count). The minimum absolute atomic E-state index is 0.229. The lowest BCUT2D eigenvalue weighted by atomic mass is 9.98. The molecule has 0 spiro atoms. The smallest absolute Gasteiger partial charge is 0.328 e. The summed E-state index contributed by atoms with van der Waals surface area (Å²) in [5.41, 5.74) is 3.81. The lowest BCUT2D eigenvalue weighted by Crippen LogP contribution is -2.42. The van der Waals surface area contributed by atoms with Crippen molar-refractivity contribution >= 4 is 22.6 Å². The summed E-state index contributed by atoms with van der Waals surface area (Å²) in [4.78, 5) is 28.7. The molecule has 1 aromatic heterocycles. The molecule has 32 heavy (non-hydrogen) atoms. The molecule has 1 amide bonds. The average Bonchev–Trinajstić information content (AvgIpc) is 3.19. The van der Waals surface area contributed by atoms with Crippen LogP contribution in [0.4, 0.5) is 0 Å². The van der Waals surface area contributed by atoms with Crippen LogP contribution in [0.25, 0.3) is 22.0 Å². The summed E-state index contributed by atoms with van der Waals surface area (Å²) in [6.07, 6.45) is 2.02. The first-order chi connectivity index (χ1) is 15.6. The van der Waals surface area contributed by atoms with Crippen LogP contribution in [0.15, 0.2) is 79.1 Å². The molecule has 0 aliphatic carbocycles. The van der Waals surface area contributed by atoms with E-state index < -0.39 is 12.0 Å². The molecule has 1 unspecified atom stereocenters. The van der Waals surface area contributed by atoms with Crippen molar-refractivity contribution in [1.82, 2.24) is 14.9 Å². The summed E-state index contributed by atoms with van der Waals surface area (Å²) in [5, 5.41) is 4.91. The van der Waals surface area contributed by atoms with Crippen molar-refractivity contribution in [3.8, 4) is 11.3 Å². The maximum atomic E-state index is 12.3. The highest BCUT2D eigenvalue weighted by molar-refractivity contribution is 5.96. The summed E-state index contributed by atoms with van der Waals surface area (Å²) in [6, 6.07) is 23.7. The quantitative estimate of drug-likeness (QED) is 0.453. The van der Waals surface area contributed by atoms with E-state index in [-0.39, 0.29) is 12.3 Å². The first-order valence-corrected chi connectivity index (χ1v) is 10.5. The van der Waals surface area contributed by atoms with Crippen LogP contribution < -0.4 is 5.32 Å². The number of benzene rings is 3. The van der Waals surface area contributed by atoms with Gasteiger partial charge >= 0.3 is 5.97 Å². The van der Waals surface area contributed by atoms with Gasteiger partial charge in [0.1, 0.15) is 6.04 Å². The van der Waals surface area contributed by atoms with Crippen LogP contribution in [0.2, 0.25) is 0 Å². The van der Waals surface area contributed by atoms with E-state index in [2.05, 4.69) is 51.3 Å². The molecule has 6 heteroatoms. The maximum Gasteiger partial charge on any atom is 0.328 e. The molecule has 1 N–H and O–H groups in total. The highest BCUT2D eigenvalue weighted by Crippen LogP contribution is 2.32. The number of imidazole rings is 1. The van der Waals surface area contributed by atoms with Gasteiger partial charge in [0.05, 0.1) is 24.8 Å². The Balaban J connectivity index is 1.83. The summed E-state index contributed by atoms with van der Waals surface area (Å²) in [6.45, 7) is 2.02. The van der Waals surface area contributed by atoms with Gasteiger partial charge in [-0.2, -0.15) is 0 Å². The molecule has 4 aromatic rings. The van der Waals surface area contributed by atoms with Gasteiger partial charge in [-0.3, -0.25) is 4.79 Å². The Morgan fingerprint density at radius 3 is 2.47 bits per heavy atom. The molecule has 0 radical (unpaired) electrons. The molecule has 0 fully saturated rings. The number of nitrogens with one attached hydrogen (secondary N) is 1. The zero-order valence-electron chi connectivity index (χ0n) is 18.1. The molecule has 3 aromatic carbocycles. The maximum absolute atomic E-state index is 12.3. The van der Waals surface area contributed by atoms with Gasteiger partial charge in [-0.25, -0.2) is 9.78 Å². The summed E-state index contributed by atoms with van der Waals surface area (Å²) in [5.74, 6) is -0.794. The number of carbonyl (C=O) groups is 2. The van der Waals surface area contributed by atoms with Crippen molar-refractivity contribution in [3.63, 3.8) is 0 Å². The van der Waals surface area contributed by atoms with Gasteiger partial charge in [0.25, 0.3) is 0 Å². The van der Waals surface area contributed by atoms with Crippen LogP contribution in [0.1, 0.15) is 18.2 Å². The van der Waals surface area contributed by atoms with Crippen molar-refractivity contribution in [2.45, 2.75) is 25.9 Å². The van der Waals surface area contributed by atoms with Gasteiger partial charge in [-0.1, -0.05) is 72.8 Å². The minimum atomic E-state index is -0.814. The predicted molar refractivity (Wildman–Crippen MR) is 124 cm³/mol. The van der Waals surface area contributed by atoms with Gasteiger partial charge < -0.3 is 14.6 Å². The van der Waals surface area contributed by atoms with Crippen LogP contribution >= 0.6 is 0 Å². The number of hydrogen-bond acceptors (Lipinski definition) is 4. The topological polar surface area (TPSA) is 73.2 Å². The Morgan fingerprint density at radius 1 is 1.00 bits per heavy atom. The Hall–Kier alpha value is -3.93. The molecule has 0 saturated carbocycles. The van der Waals surface area contributed by atoms with Crippen molar-refractivity contribution < 1.29 is 14.3 Å². The number of aromatic nitrogens is 2. The number of esters is 1. The van der Waals surface area contributed by atoms with E-state index in [1.54, 1.807) is 6.33 Å². The fourth-order valence-electron chi connectivity index (χ4n) is 3.99. The lowest BCUT2D eigenvalue weighted by Gasteiger charge is -2.17. The van der Waals surface area contributed by atoms with Crippen molar-refractivity contribution in [2.24, 2.45) is 0 Å². The highest BCUT2D eigenvalue weighted by Gasteiger charge is 2.25. The largest absolute Gasteiger partial charge is 0.467 e. The van der Waals surface area contributed by atoms with Gasteiger partial charge in [0.2, 0.25) is 5.91 Å². The average molecular weight is 428 g/mol. The molecule has 162 valence electrons. The second kappa shape index (κ2) is 9.47. The van der Waals surface area contributed by atoms with Crippen molar-refractivity contribution in [1.29, 1.82) is 0 Å². The fourth-order valence-corrected chi connectivity index (χ4v) is 3.99.